The molecule has 0 unspecified atom stereocenters. The Morgan fingerprint density at radius 1 is 0.500 bits per heavy atom. The molecule has 0 nitrogen and oxygen atoms in total. The Hall–Kier alpha value is -2.08. The maximum atomic E-state index is 3.97. The molecule has 2 aromatic carbocycles. The van der Waals surface area contributed by atoms with Crippen molar-refractivity contribution in [2.24, 2.45) is 35.5 Å². The summed E-state index contributed by atoms with van der Waals surface area (Å²) in [6, 6.07) is 18.6. The highest BCUT2D eigenvalue weighted by atomic mass is 14.4. The van der Waals surface area contributed by atoms with Gasteiger partial charge in [0.15, 0.2) is 0 Å². The first kappa shape index (κ1) is 33.3. The molecule has 0 saturated heterocycles. The molecule has 0 atom stereocenters. The van der Waals surface area contributed by atoms with Crippen LogP contribution in [-0.2, 0) is 0 Å². The van der Waals surface area contributed by atoms with Crippen molar-refractivity contribution in [3.05, 3.63) is 96.1 Å². The molecule has 44 heavy (non-hydrogen) atoms. The van der Waals surface area contributed by atoms with E-state index < -0.39 is 0 Å². The predicted molar refractivity (Wildman–Crippen MR) is 192 cm³/mol. The van der Waals surface area contributed by atoms with Crippen molar-refractivity contribution in [1.29, 1.82) is 0 Å². The Kier molecular flexibility index (Phi) is 12.9. The van der Waals surface area contributed by atoms with Crippen LogP contribution in [0.25, 0.3) is 0 Å². The van der Waals surface area contributed by atoms with Gasteiger partial charge in [-0.05, 0) is 175 Å². The van der Waals surface area contributed by atoms with Crippen molar-refractivity contribution < 1.29 is 0 Å². The van der Waals surface area contributed by atoms with E-state index in [0.29, 0.717) is 0 Å². The van der Waals surface area contributed by atoms with Gasteiger partial charge in [0, 0.05) is 0 Å². The van der Waals surface area contributed by atoms with Crippen molar-refractivity contribution in [1.82, 2.24) is 0 Å². The van der Waals surface area contributed by atoms with Gasteiger partial charge >= 0.3 is 0 Å². The minimum Gasteiger partial charge on any atom is -0.103 e. The van der Waals surface area contributed by atoms with E-state index in [0.717, 1.165) is 47.3 Å². The Morgan fingerprint density at radius 3 is 1.23 bits per heavy atom. The molecule has 6 rings (SSSR count). The van der Waals surface area contributed by atoms with Crippen LogP contribution >= 0.6 is 0 Å². The lowest BCUT2D eigenvalue weighted by Gasteiger charge is -2.38. The van der Waals surface area contributed by atoms with Gasteiger partial charge in [0.25, 0.3) is 0 Å². The monoisotopic (exact) mass is 593 g/mol. The van der Waals surface area contributed by atoms with Gasteiger partial charge in [-0.15, -0.1) is 13.2 Å². The highest BCUT2D eigenvalue weighted by molar-refractivity contribution is 5.26. The van der Waals surface area contributed by atoms with E-state index in [-0.39, 0.29) is 0 Å². The van der Waals surface area contributed by atoms with Crippen LogP contribution in [0.3, 0.4) is 0 Å². The first-order chi connectivity index (χ1) is 21.5. The summed E-state index contributed by atoms with van der Waals surface area (Å²) in [5.41, 5.74) is 5.93. The number of benzene rings is 2. The lowest BCUT2D eigenvalue weighted by Crippen LogP contribution is -2.25. The third-order valence-corrected chi connectivity index (χ3v) is 12.8. The van der Waals surface area contributed by atoms with Crippen molar-refractivity contribution in [2.75, 3.05) is 0 Å². The summed E-state index contributed by atoms with van der Waals surface area (Å²) in [6.07, 6.45) is 30.1. The fourth-order valence-electron chi connectivity index (χ4n) is 9.68. The highest BCUT2D eigenvalue weighted by Crippen LogP contribution is 2.45. The van der Waals surface area contributed by atoms with E-state index in [1.165, 1.54) is 127 Å². The molecule has 0 bridgehead atoms. The third kappa shape index (κ3) is 9.47. The van der Waals surface area contributed by atoms with E-state index in [1.807, 2.05) is 0 Å². The molecule has 0 heteroatoms. The zero-order valence-corrected chi connectivity index (χ0v) is 28.5. The van der Waals surface area contributed by atoms with Gasteiger partial charge in [-0.25, -0.2) is 0 Å². The maximum absolute atomic E-state index is 3.97. The summed E-state index contributed by atoms with van der Waals surface area (Å²) in [4.78, 5) is 0. The molecule has 0 heterocycles. The van der Waals surface area contributed by atoms with Gasteiger partial charge in [-0.1, -0.05) is 84.7 Å². The quantitative estimate of drug-likeness (QED) is 0.267. The molecule has 2 aromatic rings. The molecule has 0 aliphatic heterocycles. The zero-order chi connectivity index (χ0) is 30.7. The highest BCUT2D eigenvalue weighted by Gasteiger charge is 2.32. The van der Waals surface area contributed by atoms with Crippen LogP contribution in [0.15, 0.2) is 73.8 Å². The van der Waals surface area contributed by atoms with Gasteiger partial charge in [-0.3, -0.25) is 0 Å². The average molecular weight is 593 g/mol. The molecule has 0 spiro atoms. The normalized spacial score (nSPS) is 32.6. The molecule has 4 aliphatic rings. The molecule has 4 aliphatic carbocycles. The number of hydrogen-bond acceptors (Lipinski definition) is 0. The molecular formula is C44H64. The standard InChI is InChI=1S/C23H34.C21H30/c1-3-4-5-19-8-12-21(13-9-19)23-16-14-22(15-17-23)20-10-6-18(2)7-11-20;1-3-17-6-10-19(11-7-17)21-14-12-20(13-15-21)18-8-4-16(2)5-9-18/h3,6-7,10-11,19,21-23H,1,4-5,8-9,12-17H2,2H3;3-5,8-9,17,19-21H,1,6-7,10-15H2,2H3. The van der Waals surface area contributed by atoms with E-state index in [1.54, 1.807) is 11.1 Å². The van der Waals surface area contributed by atoms with Gasteiger partial charge in [0.2, 0.25) is 0 Å². The van der Waals surface area contributed by atoms with Crippen molar-refractivity contribution in [3.8, 4) is 0 Å². The van der Waals surface area contributed by atoms with Crippen molar-refractivity contribution in [2.45, 2.75) is 141 Å². The summed E-state index contributed by atoms with van der Waals surface area (Å²) in [5.74, 6) is 7.55. The van der Waals surface area contributed by atoms with Crippen LogP contribution in [0, 0.1) is 49.4 Å². The van der Waals surface area contributed by atoms with Crippen LogP contribution in [0.4, 0.5) is 0 Å². The Labute approximate surface area is 272 Å². The largest absolute Gasteiger partial charge is 0.103 e. The maximum Gasteiger partial charge on any atom is -0.0162 e. The second-order valence-corrected chi connectivity index (χ2v) is 15.6. The zero-order valence-electron chi connectivity index (χ0n) is 28.5. The minimum atomic E-state index is 0.810. The second kappa shape index (κ2) is 17.0. The molecule has 4 fully saturated rings. The van der Waals surface area contributed by atoms with Gasteiger partial charge < -0.3 is 0 Å². The van der Waals surface area contributed by atoms with Crippen LogP contribution < -0.4 is 0 Å². The van der Waals surface area contributed by atoms with Crippen LogP contribution in [-0.4, -0.2) is 0 Å². The van der Waals surface area contributed by atoms with Crippen LogP contribution in [0.5, 0.6) is 0 Å². The first-order valence-electron chi connectivity index (χ1n) is 18.9. The van der Waals surface area contributed by atoms with E-state index in [4.69, 9.17) is 0 Å². The molecular weight excluding hydrogens is 528 g/mol. The second-order valence-electron chi connectivity index (χ2n) is 15.6. The average Bonchev–Trinajstić information content (AvgIpc) is 3.09. The fourth-order valence-corrected chi connectivity index (χ4v) is 9.68. The SMILES string of the molecule is C=CC1CCC(C2CCC(c3ccc(C)cc3)CC2)CC1.C=CCCC1CCC(C2CCC(c3ccc(C)cc3)CC2)CC1. The van der Waals surface area contributed by atoms with E-state index in [2.05, 4.69) is 87.7 Å². The molecule has 240 valence electrons. The number of rotatable bonds is 8. The molecule has 0 amide bonds. The fraction of sp³-hybridized carbons (Fsp3) is 0.636. The third-order valence-electron chi connectivity index (χ3n) is 12.8. The van der Waals surface area contributed by atoms with Crippen molar-refractivity contribution >= 4 is 0 Å². The molecule has 0 N–H and O–H groups in total. The smallest absolute Gasteiger partial charge is 0.0162 e. The summed E-state index contributed by atoms with van der Waals surface area (Å²) in [7, 11) is 0. The molecule has 0 radical (unpaired) electrons. The summed E-state index contributed by atoms with van der Waals surface area (Å²) in [5, 5.41) is 0. The van der Waals surface area contributed by atoms with Crippen LogP contribution in [0.1, 0.15) is 150 Å². The lowest BCUT2D eigenvalue weighted by atomic mass is 9.68. The summed E-state index contributed by atoms with van der Waals surface area (Å²) in [6.45, 7) is 12.2. The molecule has 0 aromatic heterocycles. The summed E-state index contributed by atoms with van der Waals surface area (Å²) < 4.78 is 0. The number of allylic oxidation sites excluding steroid dienone is 2. The Morgan fingerprint density at radius 2 is 0.864 bits per heavy atom. The summed E-state index contributed by atoms with van der Waals surface area (Å²) >= 11 is 0. The Balaban J connectivity index is 0.000000175. The van der Waals surface area contributed by atoms with Gasteiger partial charge in [0.1, 0.15) is 0 Å². The Bertz CT molecular complexity index is 1090. The number of aryl methyl sites for hydroxylation is 2. The van der Waals surface area contributed by atoms with E-state index in [9.17, 15) is 0 Å². The number of hydrogen-bond donors (Lipinski definition) is 0. The lowest BCUT2D eigenvalue weighted by molar-refractivity contribution is 0.157. The van der Waals surface area contributed by atoms with E-state index >= 15 is 0 Å². The predicted octanol–water partition coefficient (Wildman–Crippen LogP) is 13.3. The van der Waals surface area contributed by atoms with Gasteiger partial charge in [-0.2, -0.15) is 0 Å². The molecule has 4 saturated carbocycles. The first-order valence-corrected chi connectivity index (χ1v) is 18.9. The van der Waals surface area contributed by atoms with Crippen LogP contribution in [0.2, 0.25) is 0 Å². The van der Waals surface area contributed by atoms with Gasteiger partial charge in [0.05, 0.1) is 0 Å². The minimum absolute atomic E-state index is 0.810. The van der Waals surface area contributed by atoms with Crippen molar-refractivity contribution in [3.63, 3.8) is 0 Å². The topological polar surface area (TPSA) is 0 Å².